The SMILES string of the molecule is CCn1c(-c2ccc(-n3cnnn3)cc2)nnc1N1CCN(C(=O)OC(C)(C)C)[C@H](C)C1. The van der Waals surface area contributed by atoms with Crippen LogP contribution < -0.4 is 4.90 Å². The van der Waals surface area contributed by atoms with Crippen LogP contribution in [0.1, 0.15) is 34.6 Å². The van der Waals surface area contributed by atoms with E-state index in [4.69, 9.17) is 4.74 Å². The van der Waals surface area contributed by atoms with Crippen LogP contribution in [0.3, 0.4) is 0 Å². The zero-order valence-corrected chi connectivity index (χ0v) is 19.1. The number of hydrogen-bond donors (Lipinski definition) is 0. The average molecular weight is 440 g/mol. The Morgan fingerprint density at radius 2 is 1.91 bits per heavy atom. The van der Waals surface area contributed by atoms with Crippen molar-refractivity contribution in [3.8, 4) is 17.1 Å². The van der Waals surface area contributed by atoms with Crippen molar-refractivity contribution in [2.75, 3.05) is 24.5 Å². The summed E-state index contributed by atoms with van der Waals surface area (Å²) in [6.45, 7) is 12.4. The van der Waals surface area contributed by atoms with Crippen LogP contribution in [-0.2, 0) is 11.3 Å². The van der Waals surface area contributed by atoms with Crippen LogP contribution >= 0.6 is 0 Å². The van der Waals surface area contributed by atoms with Gasteiger partial charge >= 0.3 is 6.09 Å². The van der Waals surface area contributed by atoms with E-state index in [9.17, 15) is 4.79 Å². The Kier molecular flexibility index (Phi) is 5.81. The zero-order valence-electron chi connectivity index (χ0n) is 19.1. The van der Waals surface area contributed by atoms with Gasteiger partial charge in [-0.1, -0.05) is 0 Å². The molecule has 0 spiro atoms. The molecule has 11 heteroatoms. The van der Waals surface area contributed by atoms with Gasteiger partial charge in [-0.25, -0.2) is 9.48 Å². The van der Waals surface area contributed by atoms with Gasteiger partial charge in [0.1, 0.15) is 11.9 Å². The molecule has 3 heterocycles. The van der Waals surface area contributed by atoms with Crippen molar-refractivity contribution in [3.05, 3.63) is 30.6 Å². The highest BCUT2D eigenvalue weighted by atomic mass is 16.6. The molecule has 0 N–H and O–H groups in total. The molecular weight excluding hydrogens is 410 g/mol. The monoisotopic (exact) mass is 439 g/mol. The molecule has 1 saturated heterocycles. The molecule has 0 radical (unpaired) electrons. The smallest absolute Gasteiger partial charge is 0.410 e. The first-order valence-electron chi connectivity index (χ1n) is 10.8. The Morgan fingerprint density at radius 1 is 1.16 bits per heavy atom. The maximum absolute atomic E-state index is 12.5. The number of piperazine rings is 1. The zero-order chi connectivity index (χ0) is 22.9. The number of rotatable bonds is 4. The molecular formula is C21H29N9O2. The number of benzene rings is 1. The third-order valence-electron chi connectivity index (χ3n) is 5.32. The second-order valence-electron chi connectivity index (χ2n) is 8.84. The van der Waals surface area contributed by atoms with Gasteiger partial charge in [0, 0.05) is 37.8 Å². The van der Waals surface area contributed by atoms with Crippen molar-refractivity contribution < 1.29 is 9.53 Å². The van der Waals surface area contributed by atoms with E-state index in [0.29, 0.717) is 19.6 Å². The topological polar surface area (TPSA) is 107 Å². The van der Waals surface area contributed by atoms with E-state index < -0.39 is 5.60 Å². The van der Waals surface area contributed by atoms with E-state index in [-0.39, 0.29) is 12.1 Å². The molecule has 0 aliphatic carbocycles. The Labute approximate surface area is 187 Å². The lowest BCUT2D eigenvalue weighted by Gasteiger charge is -2.40. The molecule has 170 valence electrons. The summed E-state index contributed by atoms with van der Waals surface area (Å²) in [5.74, 6) is 1.61. The lowest BCUT2D eigenvalue weighted by molar-refractivity contribution is 0.0158. The molecule has 0 saturated carbocycles. The van der Waals surface area contributed by atoms with Gasteiger partial charge in [-0.2, -0.15) is 0 Å². The van der Waals surface area contributed by atoms with Crippen molar-refractivity contribution in [2.45, 2.75) is 52.8 Å². The minimum atomic E-state index is -0.509. The minimum absolute atomic E-state index is 0.000343. The van der Waals surface area contributed by atoms with Crippen molar-refractivity contribution in [1.82, 2.24) is 39.9 Å². The molecule has 2 aromatic heterocycles. The Bertz CT molecular complexity index is 1050. The molecule has 4 rings (SSSR count). The number of nitrogens with zero attached hydrogens (tertiary/aromatic N) is 9. The van der Waals surface area contributed by atoms with E-state index in [1.165, 1.54) is 0 Å². The van der Waals surface area contributed by atoms with E-state index in [0.717, 1.165) is 29.6 Å². The van der Waals surface area contributed by atoms with Gasteiger partial charge in [-0.3, -0.25) is 4.57 Å². The molecule has 1 fully saturated rings. The molecule has 0 bridgehead atoms. The van der Waals surface area contributed by atoms with E-state index >= 15 is 0 Å². The third-order valence-corrected chi connectivity index (χ3v) is 5.32. The molecule has 0 unspecified atom stereocenters. The second kappa shape index (κ2) is 8.56. The first-order chi connectivity index (χ1) is 15.3. The maximum Gasteiger partial charge on any atom is 0.410 e. The second-order valence-corrected chi connectivity index (χ2v) is 8.84. The van der Waals surface area contributed by atoms with Gasteiger partial charge < -0.3 is 14.5 Å². The van der Waals surface area contributed by atoms with Crippen LogP contribution in [0.5, 0.6) is 0 Å². The summed E-state index contributed by atoms with van der Waals surface area (Å²) in [5.41, 5.74) is 1.32. The molecule has 1 amide bonds. The molecule has 1 aliphatic rings. The Balaban J connectivity index is 1.51. The highest BCUT2D eigenvalue weighted by Crippen LogP contribution is 2.26. The van der Waals surface area contributed by atoms with Crippen LogP contribution in [0.4, 0.5) is 10.7 Å². The van der Waals surface area contributed by atoms with Crippen LogP contribution in [0.2, 0.25) is 0 Å². The fourth-order valence-electron chi connectivity index (χ4n) is 3.81. The van der Waals surface area contributed by atoms with E-state index in [2.05, 4.69) is 42.1 Å². The fraction of sp³-hybridized carbons (Fsp3) is 0.524. The number of tetrazole rings is 1. The maximum atomic E-state index is 12.5. The summed E-state index contributed by atoms with van der Waals surface area (Å²) in [6.07, 6.45) is 1.28. The van der Waals surface area contributed by atoms with Gasteiger partial charge in [0.15, 0.2) is 5.82 Å². The highest BCUT2D eigenvalue weighted by molar-refractivity contribution is 5.69. The lowest BCUT2D eigenvalue weighted by atomic mass is 10.2. The first-order valence-corrected chi connectivity index (χ1v) is 10.8. The quantitative estimate of drug-likeness (QED) is 0.610. The molecule has 1 aromatic carbocycles. The van der Waals surface area contributed by atoms with Gasteiger partial charge in [0.05, 0.1) is 5.69 Å². The first kappa shape index (κ1) is 21.7. The van der Waals surface area contributed by atoms with Crippen LogP contribution in [0.25, 0.3) is 17.1 Å². The van der Waals surface area contributed by atoms with Crippen LogP contribution in [0.15, 0.2) is 30.6 Å². The Morgan fingerprint density at radius 3 is 2.50 bits per heavy atom. The molecule has 3 aromatic rings. The average Bonchev–Trinajstić information content (AvgIpc) is 3.42. The predicted octanol–water partition coefficient (Wildman–Crippen LogP) is 2.39. The van der Waals surface area contributed by atoms with Crippen LogP contribution in [-0.4, -0.2) is 77.2 Å². The number of anilines is 1. The van der Waals surface area contributed by atoms with Gasteiger partial charge in [0.2, 0.25) is 5.95 Å². The Hall–Kier alpha value is -3.50. The predicted molar refractivity (Wildman–Crippen MR) is 118 cm³/mol. The van der Waals surface area contributed by atoms with Crippen LogP contribution in [0, 0.1) is 0 Å². The van der Waals surface area contributed by atoms with E-state index in [1.54, 1.807) is 15.9 Å². The van der Waals surface area contributed by atoms with Gasteiger partial charge in [0.25, 0.3) is 0 Å². The fourth-order valence-corrected chi connectivity index (χ4v) is 3.81. The lowest BCUT2D eigenvalue weighted by Crippen LogP contribution is -2.55. The van der Waals surface area contributed by atoms with E-state index in [1.807, 2.05) is 52.0 Å². The molecule has 1 aliphatic heterocycles. The number of ether oxygens (including phenoxy) is 1. The summed E-state index contributed by atoms with van der Waals surface area (Å²) in [7, 11) is 0. The highest BCUT2D eigenvalue weighted by Gasteiger charge is 2.32. The number of hydrogen-bond acceptors (Lipinski definition) is 8. The van der Waals surface area contributed by atoms with Gasteiger partial charge in [-0.05, 0) is 69.3 Å². The number of carbonyl (C=O) groups excluding carboxylic acids is 1. The normalized spacial score (nSPS) is 17.0. The number of aromatic nitrogens is 7. The molecule has 1 atom stereocenters. The summed E-state index contributed by atoms with van der Waals surface area (Å²) in [5, 5.41) is 20.2. The number of amides is 1. The molecule has 32 heavy (non-hydrogen) atoms. The number of carbonyl (C=O) groups is 1. The molecule has 11 nitrogen and oxygen atoms in total. The minimum Gasteiger partial charge on any atom is -0.444 e. The largest absolute Gasteiger partial charge is 0.444 e. The summed E-state index contributed by atoms with van der Waals surface area (Å²) in [6, 6.07) is 7.86. The summed E-state index contributed by atoms with van der Waals surface area (Å²) < 4.78 is 9.25. The third kappa shape index (κ3) is 4.41. The van der Waals surface area contributed by atoms with Crippen molar-refractivity contribution in [1.29, 1.82) is 0 Å². The standard InChI is InChI=1S/C21H29N9O2/c1-6-28-18(16-7-9-17(10-8-16)30-14-22-25-26-30)23-24-19(28)27-11-12-29(15(2)13-27)20(31)32-21(3,4)5/h7-10,14-15H,6,11-13H2,1-5H3/t15-/m1/s1. The van der Waals surface area contributed by atoms with Crippen molar-refractivity contribution >= 4 is 12.0 Å². The summed E-state index contributed by atoms with van der Waals surface area (Å²) in [4.78, 5) is 16.5. The van der Waals surface area contributed by atoms with Crippen molar-refractivity contribution in [3.63, 3.8) is 0 Å². The summed E-state index contributed by atoms with van der Waals surface area (Å²) >= 11 is 0. The van der Waals surface area contributed by atoms with Gasteiger partial charge in [-0.15, -0.1) is 15.3 Å². The van der Waals surface area contributed by atoms with Crippen molar-refractivity contribution in [2.24, 2.45) is 0 Å².